The van der Waals surface area contributed by atoms with Crippen LogP contribution in [0.25, 0.3) is 0 Å². The molecule has 98 valence electrons. The van der Waals surface area contributed by atoms with Gasteiger partial charge in [-0.1, -0.05) is 18.6 Å². The van der Waals surface area contributed by atoms with E-state index in [1.54, 1.807) is 6.07 Å². The number of aromatic hydroxyl groups is 1. The fraction of sp³-hybridized carbons (Fsp3) is 0.533. The second kappa shape index (κ2) is 5.42. The predicted octanol–water partition coefficient (Wildman–Crippen LogP) is 3.24. The highest BCUT2D eigenvalue weighted by atomic mass is 16.3. The second-order valence-corrected chi connectivity index (χ2v) is 5.21. The number of hydrogen-bond donors (Lipinski definition) is 1. The van der Waals surface area contributed by atoms with Gasteiger partial charge < -0.3 is 5.11 Å². The summed E-state index contributed by atoms with van der Waals surface area (Å²) in [6, 6.07) is 7.82. The largest absolute Gasteiger partial charge is 0.507 e. The van der Waals surface area contributed by atoms with Gasteiger partial charge in [-0.2, -0.15) is 5.10 Å². The molecule has 1 aliphatic carbocycles. The number of nitrogens with zero attached hydrogens (tertiary/aromatic N) is 2. The minimum Gasteiger partial charge on any atom is -0.507 e. The van der Waals surface area contributed by atoms with Crippen molar-refractivity contribution >= 4 is 5.71 Å². The minimum absolute atomic E-state index is 0.295. The molecule has 1 aliphatic rings. The fourth-order valence-electron chi connectivity index (χ4n) is 2.39. The summed E-state index contributed by atoms with van der Waals surface area (Å²) in [5, 5.41) is 16.4. The van der Waals surface area contributed by atoms with Crippen molar-refractivity contribution in [1.82, 2.24) is 5.01 Å². The summed E-state index contributed by atoms with van der Waals surface area (Å²) in [6.45, 7) is 4.17. The average Bonchev–Trinajstić information content (AvgIpc) is 2.26. The van der Waals surface area contributed by atoms with Crippen molar-refractivity contribution < 1.29 is 5.11 Å². The normalized spacial score (nSPS) is 18.3. The van der Waals surface area contributed by atoms with Crippen LogP contribution in [-0.2, 0) is 0 Å². The molecular formula is C15H22N2O. The molecule has 1 aromatic rings. The average molecular weight is 246 g/mol. The molecule has 2 rings (SSSR count). The van der Waals surface area contributed by atoms with Crippen molar-refractivity contribution in [2.45, 2.75) is 39.2 Å². The van der Waals surface area contributed by atoms with Crippen molar-refractivity contribution in [2.24, 2.45) is 11.0 Å². The third-order valence-electron chi connectivity index (χ3n) is 4.02. The molecule has 1 saturated carbocycles. The molecule has 0 spiro atoms. The number of hydrogen-bond acceptors (Lipinski definition) is 3. The molecule has 1 atom stereocenters. The SMILES string of the molecule is C/C(=N\N(C)C(C)C1CCC1)c1ccccc1O. The summed E-state index contributed by atoms with van der Waals surface area (Å²) in [5.74, 6) is 1.07. The van der Waals surface area contributed by atoms with Gasteiger partial charge >= 0.3 is 0 Å². The molecule has 0 radical (unpaired) electrons. The first-order valence-corrected chi connectivity index (χ1v) is 6.66. The Labute approximate surface area is 109 Å². The molecule has 1 unspecified atom stereocenters. The fourth-order valence-corrected chi connectivity index (χ4v) is 2.39. The van der Waals surface area contributed by atoms with Crippen LogP contribution < -0.4 is 0 Å². The lowest BCUT2D eigenvalue weighted by molar-refractivity contribution is 0.136. The maximum absolute atomic E-state index is 9.80. The van der Waals surface area contributed by atoms with Gasteiger partial charge in [0, 0.05) is 18.7 Å². The van der Waals surface area contributed by atoms with Crippen LogP contribution in [0, 0.1) is 5.92 Å². The van der Waals surface area contributed by atoms with Crippen molar-refractivity contribution in [2.75, 3.05) is 7.05 Å². The van der Waals surface area contributed by atoms with E-state index in [1.165, 1.54) is 19.3 Å². The van der Waals surface area contributed by atoms with Crippen molar-refractivity contribution in [1.29, 1.82) is 0 Å². The van der Waals surface area contributed by atoms with Crippen LogP contribution in [0.3, 0.4) is 0 Å². The number of para-hydroxylation sites is 1. The van der Waals surface area contributed by atoms with E-state index < -0.39 is 0 Å². The Morgan fingerprint density at radius 3 is 2.61 bits per heavy atom. The number of rotatable bonds is 4. The molecule has 3 heteroatoms. The third kappa shape index (κ3) is 2.66. The zero-order valence-corrected chi connectivity index (χ0v) is 11.4. The first-order chi connectivity index (χ1) is 8.59. The summed E-state index contributed by atoms with van der Waals surface area (Å²) < 4.78 is 0. The molecular weight excluding hydrogens is 224 g/mol. The quantitative estimate of drug-likeness (QED) is 0.654. The van der Waals surface area contributed by atoms with Gasteiger partial charge in [0.05, 0.1) is 5.71 Å². The highest BCUT2D eigenvalue weighted by Gasteiger charge is 2.26. The molecule has 0 aromatic heterocycles. The number of phenols is 1. The molecule has 0 bridgehead atoms. The molecule has 0 aliphatic heterocycles. The van der Waals surface area contributed by atoms with Gasteiger partial charge in [0.15, 0.2) is 0 Å². The van der Waals surface area contributed by atoms with Crippen LogP contribution >= 0.6 is 0 Å². The summed E-state index contributed by atoms with van der Waals surface area (Å²) in [5.41, 5.74) is 1.67. The van der Waals surface area contributed by atoms with Crippen molar-refractivity contribution in [3.8, 4) is 5.75 Å². The Bertz CT molecular complexity index is 438. The number of phenolic OH excluding ortho intramolecular Hbond substituents is 1. The topological polar surface area (TPSA) is 35.8 Å². The second-order valence-electron chi connectivity index (χ2n) is 5.21. The van der Waals surface area contributed by atoms with Gasteiger partial charge in [-0.15, -0.1) is 0 Å². The van der Waals surface area contributed by atoms with E-state index >= 15 is 0 Å². The van der Waals surface area contributed by atoms with Crippen molar-refractivity contribution in [3.63, 3.8) is 0 Å². The van der Waals surface area contributed by atoms with Gasteiger partial charge in [0.1, 0.15) is 5.75 Å². The van der Waals surface area contributed by atoms with E-state index in [1.807, 2.05) is 37.2 Å². The van der Waals surface area contributed by atoms with E-state index in [9.17, 15) is 5.11 Å². The summed E-state index contributed by atoms with van der Waals surface area (Å²) in [7, 11) is 2.02. The Hall–Kier alpha value is -1.51. The molecule has 1 fully saturated rings. The highest BCUT2D eigenvalue weighted by molar-refractivity contribution is 6.00. The molecule has 0 saturated heterocycles. The van der Waals surface area contributed by atoms with Crippen LogP contribution in [0.1, 0.15) is 38.7 Å². The summed E-state index contributed by atoms with van der Waals surface area (Å²) in [6.07, 6.45) is 3.98. The minimum atomic E-state index is 0.295. The van der Waals surface area contributed by atoms with Gasteiger partial charge in [-0.3, -0.25) is 5.01 Å². The molecule has 3 nitrogen and oxygen atoms in total. The van der Waals surface area contributed by atoms with Gasteiger partial charge in [-0.05, 0) is 44.7 Å². The monoisotopic (exact) mass is 246 g/mol. The first-order valence-electron chi connectivity index (χ1n) is 6.66. The lowest BCUT2D eigenvalue weighted by Crippen LogP contribution is -2.36. The predicted molar refractivity (Wildman–Crippen MR) is 74.9 cm³/mol. The van der Waals surface area contributed by atoms with E-state index in [-0.39, 0.29) is 0 Å². The highest BCUT2D eigenvalue weighted by Crippen LogP contribution is 2.31. The van der Waals surface area contributed by atoms with E-state index in [2.05, 4.69) is 12.0 Å². The zero-order valence-electron chi connectivity index (χ0n) is 11.4. The summed E-state index contributed by atoms with van der Waals surface area (Å²) in [4.78, 5) is 0. The van der Waals surface area contributed by atoms with E-state index in [0.717, 1.165) is 17.2 Å². The van der Waals surface area contributed by atoms with Crippen LogP contribution in [0.5, 0.6) is 5.75 Å². The molecule has 1 N–H and O–H groups in total. The van der Waals surface area contributed by atoms with Crippen molar-refractivity contribution in [3.05, 3.63) is 29.8 Å². The maximum Gasteiger partial charge on any atom is 0.124 e. The van der Waals surface area contributed by atoms with Gasteiger partial charge in [0.25, 0.3) is 0 Å². The van der Waals surface area contributed by atoms with E-state index in [0.29, 0.717) is 11.8 Å². The molecule has 0 heterocycles. The Kier molecular flexibility index (Phi) is 3.90. The zero-order chi connectivity index (χ0) is 13.1. The van der Waals surface area contributed by atoms with Crippen LogP contribution in [0.2, 0.25) is 0 Å². The van der Waals surface area contributed by atoms with Gasteiger partial charge in [-0.25, -0.2) is 0 Å². The maximum atomic E-state index is 9.80. The smallest absolute Gasteiger partial charge is 0.124 e. The lowest BCUT2D eigenvalue weighted by atomic mass is 9.80. The lowest BCUT2D eigenvalue weighted by Gasteiger charge is -2.36. The summed E-state index contributed by atoms with van der Waals surface area (Å²) >= 11 is 0. The van der Waals surface area contributed by atoms with Gasteiger partial charge in [0.2, 0.25) is 0 Å². The van der Waals surface area contributed by atoms with E-state index in [4.69, 9.17) is 0 Å². The van der Waals surface area contributed by atoms with Crippen LogP contribution in [-0.4, -0.2) is 28.9 Å². The molecule has 0 amide bonds. The third-order valence-corrected chi connectivity index (χ3v) is 4.02. The Morgan fingerprint density at radius 2 is 2.06 bits per heavy atom. The number of hydrazone groups is 1. The molecule has 18 heavy (non-hydrogen) atoms. The van der Waals surface area contributed by atoms with Crippen LogP contribution in [0.4, 0.5) is 0 Å². The molecule has 1 aromatic carbocycles. The standard InChI is InChI=1S/C15H22N2O/c1-11(14-9-4-5-10-15(14)18)16-17(3)12(2)13-7-6-8-13/h4-5,9-10,12-13,18H,6-8H2,1-3H3/b16-11+. The Balaban J connectivity index is 2.09. The first kappa shape index (κ1) is 12.9. The number of benzene rings is 1. The Morgan fingerprint density at radius 1 is 1.39 bits per heavy atom. The van der Waals surface area contributed by atoms with Crippen LogP contribution in [0.15, 0.2) is 29.4 Å².